The van der Waals surface area contributed by atoms with Crippen LogP contribution in [0.15, 0.2) is 0 Å². The molecule has 3 nitrogen and oxygen atoms in total. The highest BCUT2D eigenvalue weighted by Crippen LogP contribution is 2.27. The Morgan fingerprint density at radius 1 is 1.31 bits per heavy atom. The average molecular weight is 247 g/mol. The van der Waals surface area contributed by atoms with E-state index in [0.29, 0.717) is 12.5 Å². The summed E-state index contributed by atoms with van der Waals surface area (Å²) in [5.74, 6) is 0.992. The Morgan fingerprint density at radius 2 is 1.94 bits per heavy atom. The van der Waals surface area contributed by atoms with Gasteiger partial charge in [0.05, 0.1) is 5.75 Å². The number of nitrogens with one attached hydrogen (secondary N) is 1. The number of rotatable bonds is 5. The smallest absolute Gasteiger partial charge is 0.147 e. The van der Waals surface area contributed by atoms with E-state index in [2.05, 4.69) is 26.1 Å². The van der Waals surface area contributed by atoms with Crippen LogP contribution >= 0.6 is 0 Å². The predicted molar refractivity (Wildman–Crippen MR) is 68.3 cm³/mol. The Kier molecular flexibility index (Phi) is 4.41. The molecule has 0 amide bonds. The van der Waals surface area contributed by atoms with E-state index >= 15 is 0 Å². The highest BCUT2D eigenvalue weighted by molar-refractivity contribution is 7.90. The lowest BCUT2D eigenvalue weighted by molar-refractivity contribution is 0.292. The Labute approximate surface area is 99.9 Å². The molecule has 2 unspecified atom stereocenters. The van der Waals surface area contributed by atoms with Crippen molar-refractivity contribution in [3.8, 4) is 0 Å². The van der Waals surface area contributed by atoms with Crippen LogP contribution in [-0.4, -0.2) is 32.0 Å². The summed E-state index contributed by atoms with van der Waals surface area (Å²) in [5.41, 5.74) is -0.0770. The van der Waals surface area contributed by atoms with Crippen LogP contribution in [0.3, 0.4) is 0 Å². The minimum atomic E-state index is -2.84. The maximum atomic E-state index is 11.2. The monoisotopic (exact) mass is 247 g/mol. The van der Waals surface area contributed by atoms with E-state index in [1.807, 2.05) is 0 Å². The van der Waals surface area contributed by atoms with Crippen molar-refractivity contribution in [2.45, 2.75) is 58.0 Å². The van der Waals surface area contributed by atoms with Gasteiger partial charge in [0.1, 0.15) is 9.84 Å². The minimum absolute atomic E-state index is 0.0770. The molecule has 1 saturated carbocycles. The molecule has 0 bridgehead atoms. The maximum Gasteiger partial charge on any atom is 0.147 e. The van der Waals surface area contributed by atoms with E-state index in [0.717, 1.165) is 5.92 Å². The molecule has 1 aliphatic carbocycles. The quantitative estimate of drug-likeness (QED) is 0.808. The second-order valence-corrected chi connectivity index (χ2v) is 8.18. The Hall–Kier alpha value is -0.0900. The largest absolute Gasteiger partial charge is 0.309 e. The Morgan fingerprint density at radius 3 is 2.38 bits per heavy atom. The van der Waals surface area contributed by atoms with Gasteiger partial charge in [0.15, 0.2) is 0 Å². The molecule has 96 valence electrons. The highest BCUT2D eigenvalue weighted by atomic mass is 32.2. The van der Waals surface area contributed by atoms with Gasteiger partial charge in [0.2, 0.25) is 0 Å². The Bertz CT molecular complexity index is 322. The van der Waals surface area contributed by atoms with Crippen LogP contribution in [0, 0.1) is 5.92 Å². The molecular formula is C12H25NO2S. The van der Waals surface area contributed by atoms with Crippen molar-refractivity contribution in [3.63, 3.8) is 0 Å². The summed E-state index contributed by atoms with van der Waals surface area (Å²) < 4.78 is 22.3. The fourth-order valence-electron chi connectivity index (χ4n) is 2.37. The predicted octanol–water partition coefficient (Wildman–Crippen LogP) is 1.98. The molecule has 1 N–H and O–H groups in total. The number of sulfone groups is 1. The molecule has 0 heterocycles. The van der Waals surface area contributed by atoms with E-state index in [1.54, 1.807) is 0 Å². The summed E-state index contributed by atoms with van der Waals surface area (Å²) in [6, 6.07) is 0.564. The summed E-state index contributed by atoms with van der Waals surface area (Å²) in [7, 11) is -2.84. The Balaban J connectivity index is 2.44. The van der Waals surface area contributed by atoms with E-state index in [1.165, 1.54) is 25.5 Å². The van der Waals surface area contributed by atoms with Gasteiger partial charge in [-0.1, -0.05) is 13.3 Å². The van der Waals surface area contributed by atoms with Crippen LogP contribution in [0.4, 0.5) is 0 Å². The summed E-state index contributed by atoms with van der Waals surface area (Å²) in [4.78, 5) is 0. The molecule has 4 heteroatoms. The lowest BCUT2D eigenvalue weighted by Crippen LogP contribution is -2.47. The summed E-state index contributed by atoms with van der Waals surface area (Å²) >= 11 is 0. The molecule has 2 atom stereocenters. The molecule has 1 aliphatic rings. The van der Waals surface area contributed by atoms with Crippen LogP contribution in [0.2, 0.25) is 0 Å². The third-order valence-electron chi connectivity index (χ3n) is 3.54. The van der Waals surface area contributed by atoms with Gasteiger partial charge in [-0.05, 0) is 39.0 Å². The lowest BCUT2D eigenvalue weighted by atomic mass is 9.97. The zero-order valence-corrected chi connectivity index (χ0v) is 11.7. The van der Waals surface area contributed by atoms with E-state index in [-0.39, 0.29) is 11.3 Å². The van der Waals surface area contributed by atoms with Crippen molar-refractivity contribution in [3.05, 3.63) is 0 Å². The van der Waals surface area contributed by atoms with Crippen LogP contribution < -0.4 is 5.32 Å². The van der Waals surface area contributed by atoms with Gasteiger partial charge >= 0.3 is 0 Å². The van der Waals surface area contributed by atoms with Crippen molar-refractivity contribution >= 4 is 9.84 Å². The fraction of sp³-hybridized carbons (Fsp3) is 1.00. The van der Waals surface area contributed by atoms with Gasteiger partial charge in [-0.25, -0.2) is 8.42 Å². The van der Waals surface area contributed by atoms with E-state index < -0.39 is 9.84 Å². The van der Waals surface area contributed by atoms with Gasteiger partial charge in [-0.2, -0.15) is 0 Å². The summed E-state index contributed by atoms with van der Waals surface area (Å²) in [6.45, 7) is 6.48. The SMILES string of the molecule is CC1CCCC1NC(C)(C)CCS(C)(=O)=O. The zero-order chi connectivity index (χ0) is 12.4. The van der Waals surface area contributed by atoms with Gasteiger partial charge in [0.25, 0.3) is 0 Å². The molecular weight excluding hydrogens is 222 g/mol. The van der Waals surface area contributed by atoms with Gasteiger partial charge < -0.3 is 5.32 Å². The first-order valence-electron chi connectivity index (χ1n) is 6.15. The number of hydrogen-bond acceptors (Lipinski definition) is 3. The molecule has 1 fully saturated rings. The topological polar surface area (TPSA) is 46.2 Å². The zero-order valence-electron chi connectivity index (χ0n) is 10.9. The lowest BCUT2D eigenvalue weighted by Gasteiger charge is -2.32. The van der Waals surface area contributed by atoms with Crippen molar-refractivity contribution in [2.75, 3.05) is 12.0 Å². The second kappa shape index (κ2) is 5.05. The third kappa shape index (κ3) is 4.83. The molecule has 0 aromatic heterocycles. The molecule has 0 radical (unpaired) electrons. The van der Waals surface area contributed by atoms with Crippen molar-refractivity contribution in [2.24, 2.45) is 5.92 Å². The van der Waals surface area contributed by atoms with Crippen LogP contribution in [0.5, 0.6) is 0 Å². The van der Waals surface area contributed by atoms with Crippen molar-refractivity contribution < 1.29 is 8.42 Å². The summed E-state index contributed by atoms with van der Waals surface area (Å²) in [5, 5.41) is 3.61. The number of hydrogen-bond donors (Lipinski definition) is 1. The van der Waals surface area contributed by atoms with Crippen molar-refractivity contribution in [1.29, 1.82) is 0 Å². The first-order valence-corrected chi connectivity index (χ1v) is 8.21. The van der Waals surface area contributed by atoms with Crippen LogP contribution in [-0.2, 0) is 9.84 Å². The molecule has 0 aromatic carbocycles. The molecule has 0 saturated heterocycles. The minimum Gasteiger partial charge on any atom is -0.309 e. The van der Waals surface area contributed by atoms with Gasteiger partial charge in [-0.3, -0.25) is 0 Å². The van der Waals surface area contributed by atoms with E-state index in [4.69, 9.17) is 0 Å². The fourth-order valence-corrected chi connectivity index (χ4v) is 3.26. The van der Waals surface area contributed by atoms with Crippen LogP contribution in [0.25, 0.3) is 0 Å². The van der Waals surface area contributed by atoms with Gasteiger partial charge in [-0.15, -0.1) is 0 Å². The van der Waals surface area contributed by atoms with Crippen LogP contribution in [0.1, 0.15) is 46.5 Å². The average Bonchev–Trinajstić information content (AvgIpc) is 2.47. The molecule has 0 aromatic rings. The molecule has 16 heavy (non-hydrogen) atoms. The highest BCUT2D eigenvalue weighted by Gasteiger charge is 2.29. The summed E-state index contributed by atoms with van der Waals surface area (Å²) in [6.07, 6.45) is 5.81. The second-order valence-electron chi connectivity index (χ2n) is 5.92. The standard InChI is InChI=1S/C12H25NO2S/c1-10-6-5-7-11(10)13-12(2,3)8-9-16(4,14)15/h10-11,13H,5-9H2,1-4H3. The normalized spacial score (nSPS) is 27.2. The molecule has 0 spiro atoms. The third-order valence-corrected chi connectivity index (χ3v) is 4.48. The maximum absolute atomic E-state index is 11.2. The molecule has 1 rings (SSSR count). The first kappa shape index (κ1) is 14.0. The van der Waals surface area contributed by atoms with E-state index in [9.17, 15) is 8.42 Å². The molecule has 0 aliphatic heterocycles. The van der Waals surface area contributed by atoms with Gasteiger partial charge in [0, 0.05) is 17.8 Å². The first-order chi connectivity index (χ1) is 7.20. The van der Waals surface area contributed by atoms with Crippen molar-refractivity contribution in [1.82, 2.24) is 5.32 Å².